The van der Waals surface area contributed by atoms with Crippen molar-refractivity contribution < 1.29 is 0 Å². The van der Waals surface area contributed by atoms with E-state index in [1.165, 1.54) is 22.3 Å². The predicted molar refractivity (Wildman–Crippen MR) is 96.9 cm³/mol. The largest absolute Gasteiger partial charge is 0.126 e. The third-order valence-corrected chi connectivity index (χ3v) is 5.58. The van der Waals surface area contributed by atoms with E-state index in [0.29, 0.717) is 11.8 Å². The summed E-state index contributed by atoms with van der Waals surface area (Å²) in [5, 5.41) is 0. The highest BCUT2D eigenvalue weighted by atomic mass is 79.9. The predicted octanol–water partition coefficient (Wildman–Crippen LogP) is 6.02. The number of aryl methyl sites for hydroxylation is 2. The maximum atomic E-state index is 6.33. The number of hydrogen-bond acceptors (Lipinski definition) is 0. The summed E-state index contributed by atoms with van der Waals surface area (Å²) in [5.74, 6) is 1.000. The lowest BCUT2D eigenvalue weighted by Crippen LogP contribution is -2.33. The molecule has 0 saturated carbocycles. The van der Waals surface area contributed by atoms with Crippen molar-refractivity contribution in [3.05, 3.63) is 69.2 Å². The molecule has 0 aliphatic carbocycles. The van der Waals surface area contributed by atoms with Crippen LogP contribution in [0, 0.1) is 13.8 Å². The molecule has 0 atom stereocenters. The van der Waals surface area contributed by atoms with Crippen molar-refractivity contribution in [2.75, 3.05) is 11.8 Å². The van der Waals surface area contributed by atoms with Crippen molar-refractivity contribution in [3.63, 3.8) is 0 Å². The molecule has 112 valence electrons. The molecule has 0 aromatic heterocycles. The van der Waals surface area contributed by atoms with E-state index in [2.05, 4.69) is 60.1 Å². The number of hydrogen-bond donors (Lipinski definition) is 0. The Balaban J connectivity index is 2.40. The summed E-state index contributed by atoms with van der Waals surface area (Å²) in [4.78, 5) is 0. The third kappa shape index (κ3) is 3.83. The fourth-order valence-corrected chi connectivity index (χ4v) is 3.69. The maximum absolute atomic E-state index is 6.33. The second kappa shape index (κ2) is 7.17. The standard InChI is InChI=1S/C18H19BrCl2/c1-13-6-7-15(8-14(13)2)10-18(11-20,12-21)16-4-3-5-17(19)9-16/h3-9H,10-12H2,1-2H3. The molecule has 0 radical (unpaired) electrons. The Labute approximate surface area is 145 Å². The molecule has 0 bridgehead atoms. The van der Waals surface area contributed by atoms with E-state index in [-0.39, 0.29) is 5.41 Å². The molecule has 0 aliphatic rings. The zero-order chi connectivity index (χ0) is 15.5. The van der Waals surface area contributed by atoms with Crippen molar-refractivity contribution in [3.8, 4) is 0 Å². The first-order valence-corrected chi connectivity index (χ1v) is 8.81. The second-order valence-corrected chi connectivity index (χ2v) is 7.10. The van der Waals surface area contributed by atoms with Crippen molar-refractivity contribution >= 4 is 39.1 Å². The highest BCUT2D eigenvalue weighted by Crippen LogP contribution is 2.33. The van der Waals surface area contributed by atoms with E-state index in [9.17, 15) is 0 Å². The lowest BCUT2D eigenvalue weighted by molar-refractivity contribution is 0.536. The molecule has 0 amide bonds. The van der Waals surface area contributed by atoms with Crippen LogP contribution in [0.2, 0.25) is 0 Å². The van der Waals surface area contributed by atoms with Gasteiger partial charge in [0.1, 0.15) is 0 Å². The Bertz CT molecular complexity index is 618. The van der Waals surface area contributed by atoms with Gasteiger partial charge in [-0.05, 0) is 54.7 Å². The van der Waals surface area contributed by atoms with Crippen LogP contribution < -0.4 is 0 Å². The number of alkyl halides is 2. The van der Waals surface area contributed by atoms with E-state index in [1.807, 2.05) is 12.1 Å². The number of rotatable bonds is 5. The molecule has 0 fully saturated rings. The summed E-state index contributed by atoms with van der Waals surface area (Å²) < 4.78 is 1.06. The van der Waals surface area contributed by atoms with Crippen molar-refractivity contribution in [2.45, 2.75) is 25.7 Å². The van der Waals surface area contributed by atoms with E-state index < -0.39 is 0 Å². The van der Waals surface area contributed by atoms with Gasteiger partial charge in [0.2, 0.25) is 0 Å². The second-order valence-electron chi connectivity index (χ2n) is 5.65. The highest BCUT2D eigenvalue weighted by molar-refractivity contribution is 9.10. The van der Waals surface area contributed by atoms with Gasteiger partial charge in [0.25, 0.3) is 0 Å². The van der Waals surface area contributed by atoms with E-state index in [0.717, 1.165) is 10.9 Å². The molecule has 21 heavy (non-hydrogen) atoms. The van der Waals surface area contributed by atoms with Gasteiger partial charge in [0.05, 0.1) is 0 Å². The summed E-state index contributed by atoms with van der Waals surface area (Å²) in [7, 11) is 0. The summed E-state index contributed by atoms with van der Waals surface area (Å²) >= 11 is 16.2. The van der Waals surface area contributed by atoms with Crippen LogP contribution in [-0.4, -0.2) is 11.8 Å². The fraction of sp³-hybridized carbons (Fsp3) is 0.333. The van der Waals surface area contributed by atoms with E-state index in [4.69, 9.17) is 23.2 Å². The Kier molecular flexibility index (Phi) is 5.76. The van der Waals surface area contributed by atoms with Crippen LogP contribution in [0.1, 0.15) is 22.3 Å². The first kappa shape index (κ1) is 16.9. The summed E-state index contributed by atoms with van der Waals surface area (Å²) in [6.45, 7) is 4.27. The summed E-state index contributed by atoms with van der Waals surface area (Å²) in [6, 6.07) is 14.9. The van der Waals surface area contributed by atoms with Crippen LogP contribution in [-0.2, 0) is 11.8 Å². The Morgan fingerprint density at radius 1 is 0.952 bits per heavy atom. The molecule has 2 rings (SSSR count). The SMILES string of the molecule is Cc1ccc(CC(CCl)(CCl)c2cccc(Br)c2)cc1C. The quantitative estimate of drug-likeness (QED) is 0.551. The van der Waals surface area contributed by atoms with Crippen LogP contribution >= 0.6 is 39.1 Å². The average Bonchev–Trinajstić information content (AvgIpc) is 2.48. The lowest BCUT2D eigenvalue weighted by Gasteiger charge is -2.31. The minimum absolute atomic E-state index is 0.241. The molecule has 2 aromatic rings. The zero-order valence-corrected chi connectivity index (χ0v) is 15.4. The molecule has 2 aromatic carbocycles. The van der Waals surface area contributed by atoms with E-state index >= 15 is 0 Å². The van der Waals surface area contributed by atoms with Crippen molar-refractivity contribution in [1.29, 1.82) is 0 Å². The van der Waals surface area contributed by atoms with Crippen LogP contribution in [0.3, 0.4) is 0 Å². The lowest BCUT2D eigenvalue weighted by atomic mass is 9.78. The van der Waals surface area contributed by atoms with Gasteiger partial charge >= 0.3 is 0 Å². The van der Waals surface area contributed by atoms with Gasteiger partial charge in [0.15, 0.2) is 0 Å². The van der Waals surface area contributed by atoms with Gasteiger partial charge in [-0.3, -0.25) is 0 Å². The molecule has 0 unspecified atom stereocenters. The van der Waals surface area contributed by atoms with Crippen LogP contribution in [0.5, 0.6) is 0 Å². The van der Waals surface area contributed by atoms with Gasteiger partial charge in [-0.15, -0.1) is 23.2 Å². The molecule has 0 nitrogen and oxygen atoms in total. The van der Waals surface area contributed by atoms with Gasteiger partial charge in [-0.1, -0.05) is 46.3 Å². The van der Waals surface area contributed by atoms with Gasteiger partial charge in [0, 0.05) is 21.6 Å². The van der Waals surface area contributed by atoms with Crippen LogP contribution in [0.15, 0.2) is 46.9 Å². The number of halogens is 3. The molecule has 0 heterocycles. The first-order chi connectivity index (χ1) is 10.0. The third-order valence-electron chi connectivity index (χ3n) is 4.06. The monoisotopic (exact) mass is 384 g/mol. The minimum atomic E-state index is -0.241. The van der Waals surface area contributed by atoms with Crippen LogP contribution in [0.4, 0.5) is 0 Å². The molecular weight excluding hydrogens is 367 g/mol. The summed E-state index contributed by atoms with van der Waals surface area (Å²) in [6.07, 6.45) is 0.845. The zero-order valence-electron chi connectivity index (χ0n) is 12.3. The normalized spacial score (nSPS) is 11.7. The molecule has 0 N–H and O–H groups in total. The fourth-order valence-electron chi connectivity index (χ4n) is 2.51. The maximum Gasteiger partial charge on any atom is 0.0335 e. The van der Waals surface area contributed by atoms with Crippen molar-refractivity contribution in [1.82, 2.24) is 0 Å². The number of benzene rings is 2. The Morgan fingerprint density at radius 3 is 2.24 bits per heavy atom. The van der Waals surface area contributed by atoms with E-state index in [1.54, 1.807) is 0 Å². The summed E-state index contributed by atoms with van der Waals surface area (Å²) in [5.41, 5.74) is 4.83. The molecule has 0 saturated heterocycles. The van der Waals surface area contributed by atoms with Crippen LogP contribution in [0.25, 0.3) is 0 Å². The Morgan fingerprint density at radius 2 is 1.67 bits per heavy atom. The smallest absolute Gasteiger partial charge is 0.0335 e. The van der Waals surface area contributed by atoms with Gasteiger partial charge in [-0.2, -0.15) is 0 Å². The van der Waals surface area contributed by atoms with Gasteiger partial charge in [-0.25, -0.2) is 0 Å². The average molecular weight is 386 g/mol. The highest BCUT2D eigenvalue weighted by Gasteiger charge is 2.31. The Hall–Kier alpha value is -0.500. The molecule has 0 aliphatic heterocycles. The molecule has 0 spiro atoms. The first-order valence-electron chi connectivity index (χ1n) is 6.95. The molecular formula is C18H19BrCl2. The minimum Gasteiger partial charge on any atom is -0.126 e. The van der Waals surface area contributed by atoms with Crippen molar-refractivity contribution in [2.24, 2.45) is 0 Å². The topological polar surface area (TPSA) is 0 Å². The molecule has 3 heteroatoms. The van der Waals surface area contributed by atoms with Gasteiger partial charge < -0.3 is 0 Å².